The average molecular weight is 334 g/mol. The molecule has 0 saturated heterocycles. The SMILES string of the molecule is CCS(=O)(=O)[C@@H]1[C@H](c2ccc(Br)cc2)[C@@]1(N)CO. The van der Waals surface area contributed by atoms with Crippen LogP contribution >= 0.6 is 15.9 Å². The Kier molecular flexibility index (Phi) is 3.57. The number of rotatable bonds is 4. The molecule has 0 aliphatic heterocycles. The van der Waals surface area contributed by atoms with Crippen molar-refractivity contribution in [3.05, 3.63) is 34.3 Å². The van der Waals surface area contributed by atoms with Gasteiger partial charge in [0, 0.05) is 16.1 Å². The number of aliphatic hydroxyl groups is 1. The van der Waals surface area contributed by atoms with E-state index >= 15 is 0 Å². The molecule has 100 valence electrons. The van der Waals surface area contributed by atoms with Gasteiger partial charge in [-0.2, -0.15) is 0 Å². The molecule has 1 saturated carbocycles. The van der Waals surface area contributed by atoms with Gasteiger partial charge in [0.2, 0.25) is 0 Å². The van der Waals surface area contributed by atoms with E-state index < -0.39 is 20.6 Å². The minimum absolute atomic E-state index is 0.0453. The zero-order valence-electron chi connectivity index (χ0n) is 10.0. The molecule has 6 heteroatoms. The van der Waals surface area contributed by atoms with Gasteiger partial charge in [-0.05, 0) is 17.7 Å². The summed E-state index contributed by atoms with van der Waals surface area (Å²) in [5.41, 5.74) is 5.84. The van der Waals surface area contributed by atoms with Crippen LogP contribution in [-0.2, 0) is 9.84 Å². The molecule has 0 radical (unpaired) electrons. The van der Waals surface area contributed by atoms with Gasteiger partial charge in [0.05, 0.1) is 17.4 Å². The van der Waals surface area contributed by atoms with Gasteiger partial charge in [0.1, 0.15) is 0 Å². The lowest BCUT2D eigenvalue weighted by Gasteiger charge is -2.07. The second kappa shape index (κ2) is 4.59. The number of halogens is 1. The first-order valence-corrected chi connectivity index (χ1v) is 8.24. The van der Waals surface area contributed by atoms with E-state index in [2.05, 4.69) is 15.9 Å². The Bertz CT molecular complexity index is 543. The highest BCUT2D eigenvalue weighted by atomic mass is 79.9. The molecule has 1 aromatic carbocycles. The third-order valence-electron chi connectivity index (χ3n) is 3.59. The lowest BCUT2D eigenvalue weighted by atomic mass is 10.1. The fraction of sp³-hybridized carbons (Fsp3) is 0.500. The molecule has 3 N–H and O–H groups in total. The summed E-state index contributed by atoms with van der Waals surface area (Å²) in [5.74, 6) is -0.274. The van der Waals surface area contributed by atoms with Crippen LogP contribution in [0.4, 0.5) is 0 Å². The number of hydrogen-bond donors (Lipinski definition) is 2. The van der Waals surface area contributed by atoms with Crippen LogP contribution in [0, 0.1) is 0 Å². The van der Waals surface area contributed by atoms with Crippen molar-refractivity contribution < 1.29 is 13.5 Å². The van der Waals surface area contributed by atoms with Gasteiger partial charge >= 0.3 is 0 Å². The summed E-state index contributed by atoms with van der Waals surface area (Å²) in [7, 11) is -3.25. The van der Waals surface area contributed by atoms with E-state index in [0.717, 1.165) is 10.0 Å². The summed E-state index contributed by atoms with van der Waals surface area (Å²) in [6, 6.07) is 7.39. The van der Waals surface area contributed by atoms with Crippen LogP contribution in [0.15, 0.2) is 28.7 Å². The molecule has 18 heavy (non-hydrogen) atoms. The molecule has 1 aliphatic rings. The molecule has 1 fully saturated rings. The van der Waals surface area contributed by atoms with Gasteiger partial charge in [0.25, 0.3) is 0 Å². The van der Waals surface area contributed by atoms with Gasteiger partial charge in [-0.3, -0.25) is 0 Å². The first kappa shape index (κ1) is 14.0. The van der Waals surface area contributed by atoms with Crippen LogP contribution in [0.25, 0.3) is 0 Å². The number of hydrogen-bond acceptors (Lipinski definition) is 4. The first-order chi connectivity index (χ1) is 8.36. The van der Waals surface area contributed by atoms with E-state index in [1.165, 1.54) is 0 Å². The molecular formula is C12H16BrNO3S. The predicted molar refractivity (Wildman–Crippen MR) is 74.1 cm³/mol. The molecule has 0 unspecified atom stereocenters. The van der Waals surface area contributed by atoms with Crippen molar-refractivity contribution in [3.63, 3.8) is 0 Å². The molecule has 1 aromatic rings. The third-order valence-corrected chi connectivity index (χ3v) is 6.41. The molecule has 2 rings (SSSR count). The molecule has 0 heterocycles. The molecule has 0 aromatic heterocycles. The van der Waals surface area contributed by atoms with E-state index in [1.807, 2.05) is 24.3 Å². The van der Waals surface area contributed by atoms with Gasteiger partial charge in [-0.25, -0.2) is 8.42 Å². The Balaban J connectivity index is 2.37. The zero-order valence-corrected chi connectivity index (χ0v) is 12.4. The molecule has 0 bridgehead atoms. The van der Waals surface area contributed by atoms with Crippen LogP contribution < -0.4 is 5.73 Å². The Hall–Kier alpha value is -0.430. The number of sulfone groups is 1. The number of benzene rings is 1. The van der Waals surface area contributed by atoms with Crippen LogP contribution in [0.5, 0.6) is 0 Å². The normalized spacial score (nSPS) is 31.3. The van der Waals surface area contributed by atoms with Crippen LogP contribution in [0.2, 0.25) is 0 Å². The highest BCUT2D eigenvalue weighted by molar-refractivity contribution is 9.10. The first-order valence-electron chi connectivity index (χ1n) is 5.73. The Morgan fingerprint density at radius 2 is 1.94 bits per heavy atom. The van der Waals surface area contributed by atoms with E-state index in [-0.39, 0.29) is 18.3 Å². The maximum atomic E-state index is 12.0. The maximum absolute atomic E-state index is 12.0. The van der Waals surface area contributed by atoms with Crippen molar-refractivity contribution in [2.45, 2.75) is 23.6 Å². The summed E-state index contributed by atoms with van der Waals surface area (Å²) in [4.78, 5) is 0. The molecule has 1 aliphatic carbocycles. The zero-order chi connectivity index (χ0) is 13.6. The molecular weight excluding hydrogens is 318 g/mol. The van der Waals surface area contributed by atoms with Crippen LogP contribution in [0.1, 0.15) is 18.4 Å². The maximum Gasteiger partial charge on any atom is 0.155 e. The van der Waals surface area contributed by atoms with Crippen LogP contribution in [-0.4, -0.2) is 36.7 Å². The average Bonchev–Trinajstić information content (AvgIpc) is 2.98. The van der Waals surface area contributed by atoms with Crippen molar-refractivity contribution in [2.24, 2.45) is 5.73 Å². The van der Waals surface area contributed by atoms with Gasteiger partial charge in [0.15, 0.2) is 9.84 Å². The largest absolute Gasteiger partial charge is 0.394 e. The Labute approximate surface area is 115 Å². The number of aliphatic hydroxyl groups excluding tert-OH is 1. The second-order valence-electron chi connectivity index (χ2n) is 4.67. The molecule has 3 atom stereocenters. The Morgan fingerprint density at radius 3 is 2.39 bits per heavy atom. The third kappa shape index (κ3) is 2.11. The van der Waals surface area contributed by atoms with E-state index in [0.29, 0.717) is 0 Å². The van der Waals surface area contributed by atoms with E-state index in [4.69, 9.17) is 5.73 Å². The smallest absolute Gasteiger partial charge is 0.155 e. The van der Waals surface area contributed by atoms with Crippen molar-refractivity contribution >= 4 is 25.8 Å². The topological polar surface area (TPSA) is 80.4 Å². The number of nitrogens with two attached hydrogens (primary N) is 1. The molecule has 0 spiro atoms. The van der Waals surface area contributed by atoms with Crippen LogP contribution in [0.3, 0.4) is 0 Å². The second-order valence-corrected chi connectivity index (χ2v) is 8.00. The summed E-state index contributed by atoms with van der Waals surface area (Å²) in [5, 5.41) is 8.70. The van der Waals surface area contributed by atoms with Crippen molar-refractivity contribution in [1.82, 2.24) is 0 Å². The predicted octanol–water partition coefficient (Wildman–Crippen LogP) is 1.04. The fourth-order valence-electron chi connectivity index (χ4n) is 2.49. The molecule has 4 nitrogen and oxygen atoms in total. The van der Waals surface area contributed by atoms with Crippen molar-refractivity contribution in [3.8, 4) is 0 Å². The van der Waals surface area contributed by atoms with E-state index in [1.54, 1.807) is 6.92 Å². The fourth-order valence-corrected chi connectivity index (χ4v) is 4.75. The van der Waals surface area contributed by atoms with E-state index in [9.17, 15) is 13.5 Å². The summed E-state index contributed by atoms with van der Waals surface area (Å²) >= 11 is 3.33. The lowest BCUT2D eigenvalue weighted by Crippen LogP contribution is -2.35. The minimum Gasteiger partial charge on any atom is -0.394 e. The lowest BCUT2D eigenvalue weighted by molar-refractivity contribution is 0.253. The summed E-state index contributed by atoms with van der Waals surface area (Å²) in [6.45, 7) is 1.28. The summed E-state index contributed by atoms with van der Waals surface area (Å²) in [6.07, 6.45) is 0. The van der Waals surface area contributed by atoms with Crippen molar-refractivity contribution in [1.29, 1.82) is 0 Å². The Morgan fingerprint density at radius 1 is 1.39 bits per heavy atom. The van der Waals surface area contributed by atoms with Crippen molar-refractivity contribution in [2.75, 3.05) is 12.4 Å². The van der Waals surface area contributed by atoms with Gasteiger partial charge in [-0.15, -0.1) is 0 Å². The van der Waals surface area contributed by atoms with Gasteiger partial charge in [-0.1, -0.05) is 35.0 Å². The highest BCUT2D eigenvalue weighted by Crippen LogP contribution is 2.54. The monoisotopic (exact) mass is 333 g/mol. The standard InChI is InChI=1S/C12H16BrNO3S/c1-2-18(16,17)11-10(12(11,14)7-15)8-3-5-9(13)6-4-8/h3-6,10-11,15H,2,7,14H2,1H3/t10-,11+,12-/m0/s1. The summed E-state index contributed by atoms with van der Waals surface area (Å²) < 4.78 is 24.9. The van der Waals surface area contributed by atoms with Gasteiger partial charge < -0.3 is 10.8 Å². The molecule has 0 amide bonds. The minimum atomic E-state index is -3.25. The highest BCUT2D eigenvalue weighted by Gasteiger charge is 2.68. The quantitative estimate of drug-likeness (QED) is 0.862.